The zero-order valence-electron chi connectivity index (χ0n) is 16.9. The Balaban J connectivity index is 1.41. The van der Waals surface area contributed by atoms with E-state index < -0.39 is 11.7 Å². The molecule has 5 rings (SSSR count). The molecule has 2 heterocycles. The number of amides is 1. The molecule has 0 bridgehead atoms. The summed E-state index contributed by atoms with van der Waals surface area (Å²) in [6.07, 6.45) is 0.455. The van der Waals surface area contributed by atoms with E-state index in [9.17, 15) is 14.0 Å². The van der Waals surface area contributed by atoms with Gasteiger partial charge in [-0.1, -0.05) is 30.3 Å². The van der Waals surface area contributed by atoms with E-state index in [0.717, 1.165) is 22.7 Å². The normalized spacial score (nSPS) is 12.8. The highest BCUT2D eigenvalue weighted by atomic mass is 19.1. The number of nitrogens with zero attached hydrogens (tertiary/aromatic N) is 1. The van der Waals surface area contributed by atoms with Crippen molar-refractivity contribution in [1.82, 2.24) is 10.2 Å². The van der Waals surface area contributed by atoms with E-state index in [1.54, 1.807) is 18.2 Å². The summed E-state index contributed by atoms with van der Waals surface area (Å²) in [5.41, 5.74) is 2.52. The van der Waals surface area contributed by atoms with Gasteiger partial charge in [0.1, 0.15) is 11.6 Å². The molecule has 1 amide bonds. The second-order valence-corrected chi connectivity index (χ2v) is 7.43. The largest absolute Gasteiger partial charge is 0.466 e. The Kier molecular flexibility index (Phi) is 5.12. The summed E-state index contributed by atoms with van der Waals surface area (Å²) < 4.78 is 24.6. The molecule has 0 radical (unpaired) electrons. The van der Waals surface area contributed by atoms with Crippen molar-refractivity contribution in [1.29, 1.82) is 0 Å². The number of H-pyrrole nitrogens is 1. The van der Waals surface area contributed by atoms with Gasteiger partial charge >= 0.3 is 0 Å². The summed E-state index contributed by atoms with van der Waals surface area (Å²) in [4.78, 5) is 24.9. The second kappa shape index (κ2) is 8.24. The molecule has 0 saturated carbocycles. The average Bonchev–Trinajstić information content (AvgIpc) is 2.81. The number of aromatic amines is 1. The number of hydrogen-bond acceptors (Lipinski definition) is 5. The topological polar surface area (TPSA) is 93.3 Å². The van der Waals surface area contributed by atoms with Gasteiger partial charge in [-0.25, -0.2) is 9.49 Å². The monoisotopic (exact) mass is 431 g/mol. The molecule has 0 spiro atoms. The fraction of sp³-hybridized carbons (Fsp3) is 0.125. The molecule has 8 heteroatoms. The van der Waals surface area contributed by atoms with Crippen LogP contribution in [0, 0.1) is 5.82 Å². The molecular formula is C24H18FN3O4. The minimum Gasteiger partial charge on any atom is -0.466 e. The molecule has 0 fully saturated rings. The minimum absolute atomic E-state index is 0.00845. The van der Waals surface area contributed by atoms with Gasteiger partial charge in [0.05, 0.1) is 23.3 Å². The van der Waals surface area contributed by atoms with E-state index in [1.807, 2.05) is 30.3 Å². The van der Waals surface area contributed by atoms with E-state index in [4.69, 9.17) is 9.47 Å². The van der Waals surface area contributed by atoms with Crippen LogP contribution in [0.2, 0.25) is 0 Å². The van der Waals surface area contributed by atoms with Gasteiger partial charge in [-0.3, -0.25) is 9.59 Å². The quantitative estimate of drug-likeness (QED) is 0.513. The van der Waals surface area contributed by atoms with Crippen molar-refractivity contribution in [3.8, 4) is 5.75 Å². The van der Waals surface area contributed by atoms with Crippen LogP contribution in [-0.4, -0.2) is 22.9 Å². The zero-order valence-corrected chi connectivity index (χ0v) is 16.9. The number of carbonyl (C=O) groups excluding carboxylic acids is 1. The predicted molar refractivity (Wildman–Crippen MR) is 116 cm³/mol. The maximum absolute atomic E-state index is 14.0. The highest BCUT2D eigenvalue weighted by Crippen LogP contribution is 2.30. The SMILES string of the molecule is O=C(Nc1cccc(Cc2n[nH]c(=O)c3ccccc23)c1)c1cc(F)cc2c1OCOC2. The number of rotatable bonds is 4. The van der Waals surface area contributed by atoms with Gasteiger partial charge in [0, 0.05) is 23.1 Å². The first kappa shape index (κ1) is 19.9. The number of halogens is 1. The van der Waals surface area contributed by atoms with Crippen LogP contribution in [-0.2, 0) is 17.8 Å². The third kappa shape index (κ3) is 3.83. The molecule has 1 aliphatic rings. The highest BCUT2D eigenvalue weighted by molar-refractivity contribution is 6.06. The van der Waals surface area contributed by atoms with Gasteiger partial charge in [-0.15, -0.1) is 0 Å². The Hall–Kier alpha value is -4.04. The number of aromatic nitrogens is 2. The third-order valence-electron chi connectivity index (χ3n) is 5.25. The number of benzene rings is 3. The standard InChI is InChI=1S/C24H18FN3O4/c25-16-10-15-12-31-13-32-22(15)20(11-16)23(29)26-17-5-3-4-14(8-17)9-21-18-6-1-2-7-19(18)24(30)28-27-21/h1-8,10-11H,9,12-13H2,(H,26,29)(H,28,30). The van der Waals surface area contributed by atoms with E-state index in [-0.39, 0.29) is 24.5 Å². The van der Waals surface area contributed by atoms with Gasteiger partial charge in [0.25, 0.3) is 11.5 Å². The first-order valence-corrected chi connectivity index (χ1v) is 9.98. The fourth-order valence-corrected chi connectivity index (χ4v) is 3.81. The Morgan fingerprint density at radius 2 is 1.94 bits per heavy atom. The Bertz CT molecular complexity index is 1400. The van der Waals surface area contributed by atoms with E-state index >= 15 is 0 Å². The molecule has 2 N–H and O–H groups in total. The number of ether oxygens (including phenoxy) is 2. The van der Waals surface area contributed by atoms with Crippen molar-refractivity contribution in [2.75, 3.05) is 12.1 Å². The van der Waals surface area contributed by atoms with Crippen LogP contribution < -0.4 is 15.6 Å². The van der Waals surface area contributed by atoms with Crippen LogP contribution in [0.4, 0.5) is 10.1 Å². The Labute approximate surface area is 181 Å². The van der Waals surface area contributed by atoms with E-state index in [1.165, 1.54) is 6.07 Å². The van der Waals surface area contributed by atoms with Crippen molar-refractivity contribution in [3.05, 3.63) is 99.2 Å². The smallest absolute Gasteiger partial charge is 0.272 e. The molecule has 0 aliphatic carbocycles. The number of hydrogen-bond donors (Lipinski definition) is 2. The summed E-state index contributed by atoms with van der Waals surface area (Å²) in [5, 5.41) is 10.9. The number of anilines is 1. The van der Waals surface area contributed by atoms with Crippen molar-refractivity contribution < 1.29 is 18.7 Å². The van der Waals surface area contributed by atoms with Crippen molar-refractivity contribution >= 4 is 22.4 Å². The van der Waals surface area contributed by atoms with Crippen molar-refractivity contribution in [2.24, 2.45) is 0 Å². The summed E-state index contributed by atoms with van der Waals surface area (Å²) in [7, 11) is 0. The van der Waals surface area contributed by atoms with Gasteiger partial charge < -0.3 is 14.8 Å². The maximum Gasteiger partial charge on any atom is 0.272 e. The lowest BCUT2D eigenvalue weighted by Crippen LogP contribution is -2.19. The number of fused-ring (bicyclic) bond motifs is 2. The molecular weight excluding hydrogens is 413 g/mol. The van der Waals surface area contributed by atoms with Crippen LogP contribution in [0.3, 0.4) is 0 Å². The Morgan fingerprint density at radius 1 is 1.09 bits per heavy atom. The molecule has 160 valence electrons. The molecule has 1 aliphatic heterocycles. The molecule has 32 heavy (non-hydrogen) atoms. The first-order valence-electron chi connectivity index (χ1n) is 9.98. The Morgan fingerprint density at radius 3 is 2.81 bits per heavy atom. The minimum atomic E-state index is -0.534. The summed E-state index contributed by atoms with van der Waals surface area (Å²) >= 11 is 0. The molecule has 1 aromatic heterocycles. The average molecular weight is 431 g/mol. The number of nitrogens with one attached hydrogen (secondary N) is 2. The van der Waals surface area contributed by atoms with Crippen LogP contribution in [0.5, 0.6) is 5.75 Å². The molecule has 0 unspecified atom stereocenters. The van der Waals surface area contributed by atoms with Gasteiger partial charge in [0.15, 0.2) is 6.79 Å². The highest BCUT2D eigenvalue weighted by Gasteiger charge is 2.22. The summed E-state index contributed by atoms with van der Waals surface area (Å²) in [6.45, 7) is 0.192. The fourth-order valence-electron chi connectivity index (χ4n) is 3.81. The van der Waals surface area contributed by atoms with Crippen LogP contribution in [0.25, 0.3) is 10.8 Å². The predicted octanol–water partition coefficient (Wildman–Crippen LogP) is 3.77. The maximum atomic E-state index is 14.0. The van der Waals surface area contributed by atoms with Crippen molar-refractivity contribution in [3.63, 3.8) is 0 Å². The zero-order chi connectivity index (χ0) is 22.1. The summed E-state index contributed by atoms with van der Waals surface area (Å²) in [5.74, 6) is -0.685. The summed E-state index contributed by atoms with van der Waals surface area (Å²) in [6, 6.07) is 17.0. The van der Waals surface area contributed by atoms with Gasteiger partial charge in [-0.05, 0) is 35.9 Å². The van der Waals surface area contributed by atoms with Crippen LogP contribution in [0.15, 0.2) is 65.5 Å². The lowest BCUT2D eigenvalue weighted by molar-refractivity contribution is -0.0170. The van der Waals surface area contributed by atoms with Crippen LogP contribution >= 0.6 is 0 Å². The molecule has 3 aromatic carbocycles. The van der Waals surface area contributed by atoms with Gasteiger partial charge in [-0.2, -0.15) is 5.10 Å². The first-order chi connectivity index (χ1) is 15.6. The van der Waals surface area contributed by atoms with E-state index in [2.05, 4.69) is 15.5 Å². The molecule has 4 aromatic rings. The van der Waals surface area contributed by atoms with Gasteiger partial charge in [0.2, 0.25) is 0 Å². The van der Waals surface area contributed by atoms with Crippen molar-refractivity contribution in [2.45, 2.75) is 13.0 Å². The molecule has 0 saturated heterocycles. The van der Waals surface area contributed by atoms with E-state index in [0.29, 0.717) is 28.8 Å². The number of carbonyl (C=O) groups is 1. The lowest BCUT2D eigenvalue weighted by atomic mass is 10.0. The lowest BCUT2D eigenvalue weighted by Gasteiger charge is -2.20. The van der Waals surface area contributed by atoms with Crippen LogP contribution in [0.1, 0.15) is 27.2 Å². The molecule has 7 nitrogen and oxygen atoms in total. The third-order valence-corrected chi connectivity index (χ3v) is 5.25. The molecule has 0 atom stereocenters. The second-order valence-electron chi connectivity index (χ2n) is 7.43.